The van der Waals surface area contributed by atoms with E-state index in [1.54, 1.807) is 12.1 Å². The lowest BCUT2D eigenvalue weighted by molar-refractivity contribution is 0.0913. The van der Waals surface area contributed by atoms with Crippen molar-refractivity contribution in [1.29, 1.82) is 0 Å². The number of halogens is 3. The predicted octanol–water partition coefficient (Wildman–Crippen LogP) is 8.80. The molecule has 37 heavy (non-hydrogen) atoms. The van der Waals surface area contributed by atoms with E-state index in [4.69, 9.17) is 39.9 Å². The van der Waals surface area contributed by atoms with E-state index in [1.165, 1.54) is 32.1 Å². The molecule has 194 valence electrons. The molecule has 4 nitrogen and oxygen atoms in total. The van der Waals surface area contributed by atoms with E-state index in [2.05, 4.69) is 18.3 Å². The molecule has 2 aliphatic carbocycles. The molecule has 2 aliphatic rings. The van der Waals surface area contributed by atoms with Crippen LogP contribution in [0, 0.1) is 5.92 Å². The van der Waals surface area contributed by atoms with Gasteiger partial charge < -0.3 is 5.32 Å². The Balaban J connectivity index is 1.61. The maximum absolute atomic E-state index is 13.7. The number of hydrogen-bond donors (Lipinski definition) is 1. The number of nitrogens with zero attached hydrogens (tertiary/aromatic N) is 2. The number of nitrogens with one attached hydrogen (secondary N) is 1. The first-order valence-corrected chi connectivity index (χ1v) is 14.4. The second-order valence-corrected chi connectivity index (χ2v) is 11.6. The number of aromatic nitrogens is 2. The van der Waals surface area contributed by atoms with Crippen LogP contribution in [-0.2, 0) is 6.42 Å². The first kappa shape index (κ1) is 26.3. The molecule has 1 N–H and O–H groups in total. The van der Waals surface area contributed by atoms with Gasteiger partial charge in [0.05, 0.1) is 16.4 Å². The quantitative estimate of drug-likeness (QED) is 0.319. The average Bonchev–Trinajstić information content (AvgIpc) is 3.16. The zero-order valence-electron chi connectivity index (χ0n) is 21.1. The maximum atomic E-state index is 13.7. The first-order valence-electron chi connectivity index (χ1n) is 13.3. The lowest BCUT2D eigenvalue weighted by Crippen LogP contribution is -2.39. The highest BCUT2D eigenvalue weighted by atomic mass is 35.5. The minimum Gasteiger partial charge on any atom is -0.348 e. The molecular formula is C30H32Cl3N3O. The lowest BCUT2D eigenvalue weighted by atomic mass is 9.84. The Morgan fingerprint density at radius 3 is 2.43 bits per heavy atom. The third kappa shape index (κ3) is 5.92. The van der Waals surface area contributed by atoms with Crippen LogP contribution in [0.2, 0.25) is 15.1 Å². The van der Waals surface area contributed by atoms with Crippen LogP contribution in [0.1, 0.15) is 85.6 Å². The molecule has 1 aromatic heterocycles. The van der Waals surface area contributed by atoms with Crippen LogP contribution in [-0.4, -0.2) is 21.7 Å². The summed E-state index contributed by atoms with van der Waals surface area (Å²) in [6, 6.07) is 13.3. The highest BCUT2D eigenvalue weighted by Gasteiger charge is 2.30. The van der Waals surface area contributed by atoms with Crippen LogP contribution in [0.5, 0.6) is 0 Å². The number of hydrogen-bond acceptors (Lipinski definition) is 2. The normalized spacial score (nSPS) is 18.3. The second-order valence-electron chi connectivity index (χ2n) is 10.3. The molecule has 1 saturated carbocycles. The molecular weight excluding hydrogens is 525 g/mol. The SMILES string of the molecule is C[C@H](NC(=O)c1nn(-c2cc(Cl)ccc2Cl)c2c1CCCCC2=Cc1ccc(Cl)cc1)C1CCCCC1. The molecule has 1 amide bonds. The highest BCUT2D eigenvalue weighted by Crippen LogP contribution is 2.37. The summed E-state index contributed by atoms with van der Waals surface area (Å²) in [5, 5.41) is 10.0. The summed E-state index contributed by atoms with van der Waals surface area (Å²) in [5.74, 6) is 0.403. The number of benzene rings is 2. The van der Waals surface area contributed by atoms with Crippen LogP contribution >= 0.6 is 34.8 Å². The maximum Gasteiger partial charge on any atom is 0.272 e. The average molecular weight is 557 g/mol. The standard InChI is InChI=1S/C30H32Cl3N3O/c1-19(21-7-3-2-4-8-21)34-30(37)28-25-10-6-5-9-22(17-20-11-13-23(31)14-12-20)29(25)36(35-28)27-18-24(32)15-16-26(27)33/h11-19,21H,2-10H2,1H3,(H,34,37)/t19-/m0/s1. The van der Waals surface area contributed by atoms with Crippen molar-refractivity contribution in [2.45, 2.75) is 70.8 Å². The topological polar surface area (TPSA) is 46.9 Å². The van der Waals surface area contributed by atoms with Crippen LogP contribution in [0.15, 0.2) is 42.5 Å². The molecule has 2 aromatic carbocycles. The summed E-state index contributed by atoms with van der Waals surface area (Å²) < 4.78 is 1.83. The molecule has 0 saturated heterocycles. The summed E-state index contributed by atoms with van der Waals surface area (Å²) in [5.41, 5.74) is 5.24. The number of rotatable bonds is 5. The summed E-state index contributed by atoms with van der Waals surface area (Å²) in [4.78, 5) is 13.7. The molecule has 0 aliphatic heterocycles. The van der Waals surface area contributed by atoms with E-state index in [1.807, 2.05) is 35.0 Å². The molecule has 5 rings (SSSR count). The Morgan fingerprint density at radius 1 is 0.973 bits per heavy atom. The third-order valence-electron chi connectivity index (χ3n) is 7.69. The Labute approximate surface area is 234 Å². The van der Waals surface area contributed by atoms with E-state index in [9.17, 15) is 4.79 Å². The summed E-state index contributed by atoms with van der Waals surface area (Å²) in [6.07, 6.45) is 11.9. The van der Waals surface area contributed by atoms with Gasteiger partial charge in [-0.1, -0.05) is 66.2 Å². The van der Waals surface area contributed by atoms with Gasteiger partial charge in [-0.3, -0.25) is 4.79 Å². The molecule has 0 bridgehead atoms. The second kappa shape index (κ2) is 11.6. The van der Waals surface area contributed by atoms with Crippen LogP contribution < -0.4 is 5.32 Å². The molecule has 0 radical (unpaired) electrons. The number of allylic oxidation sites excluding steroid dienone is 1. The first-order chi connectivity index (χ1) is 17.9. The van der Waals surface area contributed by atoms with Crippen LogP contribution in [0.4, 0.5) is 0 Å². The Morgan fingerprint density at radius 2 is 1.68 bits per heavy atom. The van der Waals surface area contributed by atoms with Gasteiger partial charge in [0.25, 0.3) is 5.91 Å². The monoisotopic (exact) mass is 555 g/mol. The van der Waals surface area contributed by atoms with E-state index >= 15 is 0 Å². The fraction of sp³-hybridized carbons (Fsp3) is 0.400. The molecule has 3 aromatic rings. The Bertz CT molecular complexity index is 1310. The van der Waals surface area contributed by atoms with Gasteiger partial charge in [-0.25, -0.2) is 4.68 Å². The lowest BCUT2D eigenvalue weighted by Gasteiger charge is -2.28. The Hall–Kier alpha value is -2.27. The molecule has 1 atom stereocenters. The van der Waals surface area contributed by atoms with Crippen molar-refractivity contribution in [3.05, 3.63) is 80.0 Å². The van der Waals surface area contributed by atoms with Crippen molar-refractivity contribution in [2.75, 3.05) is 0 Å². The molecule has 7 heteroatoms. The van der Waals surface area contributed by atoms with Gasteiger partial charge in [0.1, 0.15) is 0 Å². The Kier molecular flexibility index (Phi) is 8.28. The summed E-state index contributed by atoms with van der Waals surface area (Å²) in [6.45, 7) is 2.13. The van der Waals surface area contributed by atoms with E-state index in [0.717, 1.165) is 48.1 Å². The van der Waals surface area contributed by atoms with Crippen molar-refractivity contribution >= 4 is 52.4 Å². The van der Waals surface area contributed by atoms with Crippen molar-refractivity contribution < 1.29 is 4.79 Å². The number of carbonyl (C=O) groups excluding carboxylic acids is 1. The van der Waals surface area contributed by atoms with Gasteiger partial charge in [0.2, 0.25) is 0 Å². The van der Waals surface area contributed by atoms with Crippen LogP contribution in [0.3, 0.4) is 0 Å². The van der Waals surface area contributed by atoms with Crippen molar-refractivity contribution in [1.82, 2.24) is 15.1 Å². The number of amides is 1. The van der Waals surface area contributed by atoms with Gasteiger partial charge in [-0.15, -0.1) is 0 Å². The minimum absolute atomic E-state index is 0.109. The zero-order valence-corrected chi connectivity index (χ0v) is 23.3. The fourth-order valence-corrected chi connectivity index (χ4v) is 6.18. The summed E-state index contributed by atoms with van der Waals surface area (Å²) >= 11 is 19.2. The van der Waals surface area contributed by atoms with Crippen LogP contribution in [0.25, 0.3) is 17.3 Å². The van der Waals surface area contributed by atoms with Gasteiger partial charge >= 0.3 is 0 Å². The van der Waals surface area contributed by atoms with Gasteiger partial charge in [-0.05, 0) is 98.9 Å². The predicted molar refractivity (Wildman–Crippen MR) is 154 cm³/mol. The van der Waals surface area contributed by atoms with Gasteiger partial charge in [0.15, 0.2) is 5.69 Å². The third-order valence-corrected chi connectivity index (χ3v) is 8.50. The molecule has 0 spiro atoms. The highest BCUT2D eigenvalue weighted by molar-refractivity contribution is 6.34. The van der Waals surface area contributed by atoms with Crippen molar-refractivity contribution in [3.8, 4) is 5.69 Å². The summed E-state index contributed by atoms with van der Waals surface area (Å²) in [7, 11) is 0. The van der Waals surface area contributed by atoms with E-state index < -0.39 is 0 Å². The molecule has 1 fully saturated rings. The van der Waals surface area contributed by atoms with E-state index in [0.29, 0.717) is 32.4 Å². The molecule has 1 heterocycles. The van der Waals surface area contributed by atoms with Crippen molar-refractivity contribution in [3.63, 3.8) is 0 Å². The largest absolute Gasteiger partial charge is 0.348 e. The van der Waals surface area contributed by atoms with Gasteiger partial charge in [-0.2, -0.15) is 5.10 Å². The minimum atomic E-state index is -0.112. The molecule has 0 unspecified atom stereocenters. The van der Waals surface area contributed by atoms with Gasteiger partial charge in [0, 0.05) is 21.7 Å². The fourth-order valence-electron chi connectivity index (χ4n) is 5.69. The smallest absolute Gasteiger partial charge is 0.272 e. The van der Waals surface area contributed by atoms with E-state index in [-0.39, 0.29) is 11.9 Å². The zero-order chi connectivity index (χ0) is 25.9. The number of fused-ring (bicyclic) bond motifs is 1. The number of carbonyl (C=O) groups is 1. The van der Waals surface area contributed by atoms with Crippen molar-refractivity contribution in [2.24, 2.45) is 5.92 Å².